The SMILES string of the molecule is C/C=C\C#CC#CCCCOC(C)=O. The van der Waals surface area contributed by atoms with Crippen molar-refractivity contribution in [3.8, 4) is 23.7 Å². The third-order valence-electron chi connectivity index (χ3n) is 1.22. The van der Waals surface area contributed by atoms with Crippen LogP contribution in [0.2, 0.25) is 0 Å². The van der Waals surface area contributed by atoms with Gasteiger partial charge in [-0.1, -0.05) is 17.9 Å². The highest BCUT2D eigenvalue weighted by Crippen LogP contribution is 1.88. The molecule has 0 rings (SSSR count). The average molecular weight is 190 g/mol. The fraction of sp³-hybridized carbons (Fsp3) is 0.417. The van der Waals surface area contributed by atoms with E-state index in [-0.39, 0.29) is 5.97 Å². The van der Waals surface area contributed by atoms with Gasteiger partial charge in [-0.05, 0) is 31.3 Å². The summed E-state index contributed by atoms with van der Waals surface area (Å²) in [4.78, 5) is 10.4. The van der Waals surface area contributed by atoms with Crippen LogP contribution >= 0.6 is 0 Å². The summed E-state index contributed by atoms with van der Waals surface area (Å²) in [6.07, 6.45) is 5.07. The highest BCUT2D eigenvalue weighted by molar-refractivity contribution is 5.65. The molecule has 0 amide bonds. The van der Waals surface area contributed by atoms with E-state index in [0.29, 0.717) is 13.0 Å². The molecule has 14 heavy (non-hydrogen) atoms. The van der Waals surface area contributed by atoms with Gasteiger partial charge < -0.3 is 4.74 Å². The fourth-order valence-corrected chi connectivity index (χ4v) is 0.644. The van der Waals surface area contributed by atoms with Crippen LogP contribution in [0.3, 0.4) is 0 Å². The van der Waals surface area contributed by atoms with Crippen LogP contribution in [-0.2, 0) is 9.53 Å². The third kappa shape index (κ3) is 10.3. The second-order valence-corrected chi connectivity index (χ2v) is 2.51. The molecule has 0 aliphatic carbocycles. The molecule has 0 radical (unpaired) electrons. The van der Waals surface area contributed by atoms with Gasteiger partial charge in [0.15, 0.2) is 0 Å². The van der Waals surface area contributed by atoms with Crippen LogP contribution in [0.1, 0.15) is 26.7 Å². The Labute approximate surface area is 85.3 Å². The second kappa shape index (κ2) is 9.42. The standard InChI is InChI=1S/C12H14O2/c1-3-4-5-6-7-8-9-10-11-14-12(2)13/h3-4H,9-11H2,1-2H3/b4-3-. The quantitative estimate of drug-likeness (QED) is 0.386. The molecule has 74 valence electrons. The molecule has 0 saturated heterocycles. The predicted molar refractivity (Wildman–Crippen MR) is 56.2 cm³/mol. The van der Waals surface area contributed by atoms with Crippen molar-refractivity contribution in [2.24, 2.45) is 0 Å². The first-order chi connectivity index (χ1) is 6.77. The van der Waals surface area contributed by atoms with Gasteiger partial charge in [0, 0.05) is 13.3 Å². The molecule has 2 nitrogen and oxygen atoms in total. The second-order valence-electron chi connectivity index (χ2n) is 2.51. The van der Waals surface area contributed by atoms with Gasteiger partial charge in [-0.2, -0.15) is 0 Å². The van der Waals surface area contributed by atoms with Crippen molar-refractivity contribution in [1.82, 2.24) is 0 Å². The van der Waals surface area contributed by atoms with Crippen LogP contribution in [0, 0.1) is 23.7 Å². The van der Waals surface area contributed by atoms with Crippen LogP contribution in [0.5, 0.6) is 0 Å². The van der Waals surface area contributed by atoms with E-state index in [1.807, 2.05) is 13.0 Å². The summed E-state index contributed by atoms with van der Waals surface area (Å²) < 4.78 is 4.73. The zero-order valence-corrected chi connectivity index (χ0v) is 8.59. The third-order valence-corrected chi connectivity index (χ3v) is 1.22. The van der Waals surface area contributed by atoms with Crippen molar-refractivity contribution < 1.29 is 9.53 Å². The Kier molecular flexibility index (Phi) is 8.29. The van der Waals surface area contributed by atoms with Crippen LogP contribution < -0.4 is 0 Å². The van der Waals surface area contributed by atoms with Crippen molar-refractivity contribution in [3.05, 3.63) is 12.2 Å². The summed E-state index contributed by atoms with van der Waals surface area (Å²) in [6, 6.07) is 0. The summed E-state index contributed by atoms with van der Waals surface area (Å²) in [7, 11) is 0. The highest BCUT2D eigenvalue weighted by atomic mass is 16.5. The molecule has 0 aromatic carbocycles. The maximum absolute atomic E-state index is 10.4. The van der Waals surface area contributed by atoms with Gasteiger partial charge in [-0.25, -0.2) is 0 Å². The number of allylic oxidation sites excluding steroid dienone is 2. The van der Waals surface area contributed by atoms with Crippen LogP contribution in [0.4, 0.5) is 0 Å². The molecular formula is C12H14O2. The van der Waals surface area contributed by atoms with Crippen LogP contribution in [0.15, 0.2) is 12.2 Å². The number of hydrogen-bond acceptors (Lipinski definition) is 2. The molecule has 0 saturated carbocycles. The molecule has 0 aromatic heterocycles. The minimum absolute atomic E-state index is 0.245. The minimum atomic E-state index is -0.245. The molecule has 0 aliphatic rings. The summed E-state index contributed by atoms with van der Waals surface area (Å²) in [5.41, 5.74) is 0. The van der Waals surface area contributed by atoms with E-state index in [4.69, 9.17) is 4.74 Å². The lowest BCUT2D eigenvalue weighted by atomic mass is 10.3. The van der Waals surface area contributed by atoms with Gasteiger partial charge in [0.25, 0.3) is 0 Å². The molecule has 0 bridgehead atoms. The number of ether oxygens (including phenoxy) is 1. The normalized spacial score (nSPS) is 8.43. The summed E-state index contributed by atoms with van der Waals surface area (Å²) in [6.45, 7) is 3.74. The van der Waals surface area contributed by atoms with E-state index < -0.39 is 0 Å². The molecule has 0 fully saturated rings. The number of carbonyl (C=O) groups is 1. The molecule has 2 heteroatoms. The molecule has 0 aliphatic heterocycles. The number of carbonyl (C=O) groups excluding carboxylic acids is 1. The molecule has 0 heterocycles. The number of hydrogen-bond donors (Lipinski definition) is 0. The van der Waals surface area contributed by atoms with E-state index in [9.17, 15) is 4.79 Å². The summed E-state index contributed by atoms with van der Waals surface area (Å²) >= 11 is 0. The first kappa shape index (κ1) is 12.3. The Morgan fingerprint density at radius 1 is 1.43 bits per heavy atom. The van der Waals surface area contributed by atoms with Gasteiger partial charge >= 0.3 is 5.97 Å². The first-order valence-corrected chi connectivity index (χ1v) is 4.50. The van der Waals surface area contributed by atoms with Crippen LogP contribution in [0.25, 0.3) is 0 Å². The first-order valence-electron chi connectivity index (χ1n) is 4.50. The van der Waals surface area contributed by atoms with Gasteiger partial charge in [0.1, 0.15) is 0 Å². The van der Waals surface area contributed by atoms with Crippen molar-refractivity contribution >= 4 is 5.97 Å². The molecule has 0 spiro atoms. The fourth-order valence-electron chi connectivity index (χ4n) is 0.644. The molecule has 0 aromatic rings. The predicted octanol–water partition coefficient (Wildman–Crippen LogP) is 1.91. The van der Waals surface area contributed by atoms with Gasteiger partial charge in [-0.15, -0.1) is 0 Å². The minimum Gasteiger partial charge on any atom is -0.466 e. The zero-order chi connectivity index (χ0) is 10.6. The molecule has 0 unspecified atom stereocenters. The number of rotatable bonds is 3. The summed E-state index contributed by atoms with van der Waals surface area (Å²) in [5.74, 6) is 10.8. The van der Waals surface area contributed by atoms with E-state index in [1.165, 1.54) is 6.92 Å². The Morgan fingerprint density at radius 3 is 2.86 bits per heavy atom. The maximum atomic E-state index is 10.4. The Bertz CT molecular complexity index is 305. The smallest absolute Gasteiger partial charge is 0.302 e. The van der Waals surface area contributed by atoms with Crippen molar-refractivity contribution in [3.63, 3.8) is 0 Å². The average Bonchev–Trinajstić information content (AvgIpc) is 2.15. The molecular weight excluding hydrogens is 176 g/mol. The van der Waals surface area contributed by atoms with Crippen LogP contribution in [-0.4, -0.2) is 12.6 Å². The molecule has 0 atom stereocenters. The Morgan fingerprint density at radius 2 is 2.21 bits per heavy atom. The van der Waals surface area contributed by atoms with E-state index in [0.717, 1.165) is 6.42 Å². The van der Waals surface area contributed by atoms with E-state index in [1.54, 1.807) is 6.08 Å². The van der Waals surface area contributed by atoms with Crippen molar-refractivity contribution in [2.75, 3.05) is 6.61 Å². The van der Waals surface area contributed by atoms with Crippen molar-refractivity contribution in [1.29, 1.82) is 0 Å². The maximum Gasteiger partial charge on any atom is 0.302 e. The van der Waals surface area contributed by atoms with Gasteiger partial charge in [0.2, 0.25) is 0 Å². The number of unbranched alkanes of at least 4 members (excludes halogenated alkanes) is 1. The zero-order valence-electron chi connectivity index (χ0n) is 8.59. The van der Waals surface area contributed by atoms with Crippen molar-refractivity contribution in [2.45, 2.75) is 26.7 Å². The lowest BCUT2D eigenvalue weighted by Crippen LogP contribution is -1.99. The topological polar surface area (TPSA) is 26.3 Å². The monoisotopic (exact) mass is 190 g/mol. The lowest BCUT2D eigenvalue weighted by Gasteiger charge is -1.96. The van der Waals surface area contributed by atoms with E-state index >= 15 is 0 Å². The largest absolute Gasteiger partial charge is 0.466 e. The lowest BCUT2D eigenvalue weighted by molar-refractivity contribution is -0.141. The summed E-state index contributed by atoms with van der Waals surface area (Å²) in [5, 5.41) is 0. The Hall–Kier alpha value is -1.67. The number of esters is 1. The Balaban J connectivity index is 3.45. The highest BCUT2D eigenvalue weighted by Gasteiger charge is 1.89. The van der Waals surface area contributed by atoms with Gasteiger partial charge in [0.05, 0.1) is 6.61 Å². The van der Waals surface area contributed by atoms with Gasteiger partial charge in [-0.3, -0.25) is 4.79 Å². The van der Waals surface area contributed by atoms with E-state index in [2.05, 4.69) is 23.7 Å². The molecule has 0 N–H and O–H groups in total.